The number of aliphatic hydroxyl groups is 2. The van der Waals surface area contributed by atoms with Crippen molar-refractivity contribution in [2.45, 2.75) is 24.4 Å². The first-order valence-electron chi connectivity index (χ1n) is 3.37. The highest BCUT2D eigenvalue weighted by atomic mass is 16.7. The average molecular weight is 160 g/mol. The van der Waals surface area contributed by atoms with Crippen LogP contribution >= 0.6 is 0 Å². The first-order chi connectivity index (χ1) is 5.12. The predicted octanol–water partition coefficient (Wildman–Crippen LogP) is -1.62. The lowest BCUT2D eigenvalue weighted by Gasteiger charge is -2.43. The summed E-state index contributed by atoms with van der Waals surface area (Å²) in [5.74, 6) is -2.69. The molecular formula is C6H8O5. The van der Waals surface area contributed by atoms with Gasteiger partial charge in [-0.1, -0.05) is 0 Å². The van der Waals surface area contributed by atoms with Gasteiger partial charge in [-0.3, -0.25) is 0 Å². The van der Waals surface area contributed by atoms with E-state index < -0.39 is 24.0 Å². The molecule has 0 aliphatic carbocycles. The van der Waals surface area contributed by atoms with E-state index >= 15 is 0 Å². The van der Waals surface area contributed by atoms with Crippen molar-refractivity contribution in [2.24, 2.45) is 0 Å². The first kappa shape index (κ1) is 7.02. The quantitative estimate of drug-likeness (QED) is 0.416. The number of hydrogen-bond acceptors (Lipinski definition) is 5. The third-order valence-electron chi connectivity index (χ3n) is 1.98. The van der Waals surface area contributed by atoms with Gasteiger partial charge in [-0.2, -0.15) is 0 Å². The van der Waals surface area contributed by atoms with Crippen molar-refractivity contribution < 1.29 is 24.5 Å². The minimum Gasteiger partial charge on any atom is -0.453 e. The van der Waals surface area contributed by atoms with Gasteiger partial charge in [0.25, 0.3) is 5.79 Å². The summed E-state index contributed by atoms with van der Waals surface area (Å²) >= 11 is 0. The Morgan fingerprint density at radius 3 is 2.73 bits per heavy atom. The van der Waals surface area contributed by atoms with Crippen LogP contribution in [0.5, 0.6) is 0 Å². The van der Waals surface area contributed by atoms with Gasteiger partial charge in [-0.05, 0) is 0 Å². The number of carbonyl (C=O) groups excluding carboxylic acids is 1. The first-order valence-corrected chi connectivity index (χ1v) is 3.37. The number of hydrogen-bond donors (Lipinski definition) is 2. The maximum atomic E-state index is 10.8. The van der Waals surface area contributed by atoms with Crippen LogP contribution in [0.2, 0.25) is 0 Å². The maximum Gasteiger partial charge on any atom is 0.367 e. The normalized spacial score (nSPS) is 49.1. The zero-order chi connectivity index (χ0) is 8.06. The van der Waals surface area contributed by atoms with E-state index in [-0.39, 0.29) is 13.0 Å². The fourth-order valence-corrected chi connectivity index (χ4v) is 1.29. The summed E-state index contributed by atoms with van der Waals surface area (Å²) in [7, 11) is 0. The lowest BCUT2D eigenvalue weighted by Crippen LogP contribution is -2.62. The van der Waals surface area contributed by atoms with Crippen LogP contribution in [0.1, 0.15) is 6.42 Å². The molecule has 3 atom stereocenters. The molecular weight excluding hydrogens is 152 g/mol. The number of fused-ring (bicyclic) bond motifs is 3. The molecule has 3 rings (SSSR count). The Labute approximate surface area is 62.5 Å². The second-order valence-electron chi connectivity index (χ2n) is 2.81. The van der Waals surface area contributed by atoms with E-state index in [1.165, 1.54) is 0 Å². The predicted molar refractivity (Wildman–Crippen MR) is 31.4 cm³/mol. The van der Waals surface area contributed by atoms with Gasteiger partial charge >= 0.3 is 5.97 Å². The molecule has 0 radical (unpaired) electrons. The molecule has 0 amide bonds. The molecule has 3 saturated heterocycles. The van der Waals surface area contributed by atoms with Crippen LogP contribution < -0.4 is 0 Å². The van der Waals surface area contributed by atoms with Gasteiger partial charge in [0.2, 0.25) is 0 Å². The molecule has 1 unspecified atom stereocenters. The fourth-order valence-electron chi connectivity index (χ4n) is 1.29. The summed E-state index contributed by atoms with van der Waals surface area (Å²) in [5.41, 5.74) is 0. The summed E-state index contributed by atoms with van der Waals surface area (Å²) in [6.45, 7) is 0.0728. The van der Waals surface area contributed by atoms with Crippen LogP contribution in [-0.2, 0) is 14.3 Å². The molecule has 0 spiro atoms. The molecule has 2 bridgehead atoms. The molecule has 0 aromatic heterocycles. The Morgan fingerprint density at radius 1 is 1.64 bits per heavy atom. The van der Waals surface area contributed by atoms with E-state index in [2.05, 4.69) is 4.74 Å². The number of aliphatic hydroxyl groups excluding tert-OH is 1. The molecule has 62 valence electrons. The van der Waals surface area contributed by atoms with E-state index in [1.807, 2.05) is 0 Å². The van der Waals surface area contributed by atoms with Gasteiger partial charge in [0.1, 0.15) is 0 Å². The van der Waals surface area contributed by atoms with Crippen molar-refractivity contribution in [1.29, 1.82) is 0 Å². The monoisotopic (exact) mass is 160 g/mol. The lowest BCUT2D eigenvalue weighted by atomic mass is 9.97. The topological polar surface area (TPSA) is 76.0 Å². The molecule has 2 N–H and O–H groups in total. The highest BCUT2D eigenvalue weighted by Crippen LogP contribution is 2.31. The largest absolute Gasteiger partial charge is 0.453 e. The van der Waals surface area contributed by atoms with Gasteiger partial charge in [0, 0.05) is 6.42 Å². The number of ether oxygens (including phenoxy) is 2. The molecule has 5 nitrogen and oxygen atoms in total. The molecule has 3 heterocycles. The Balaban J connectivity index is 2.26. The lowest BCUT2D eigenvalue weighted by molar-refractivity contribution is -0.310. The van der Waals surface area contributed by atoms with Crippen LogP contribution in [0.3, 0.4) is 0 Å². The smallest absolute Gasteiger partial charge is 0.367 e. The Kier molecular flexibility index (Phi) is 1.24. The van der Waals surface area contributed by atoms with Crippen LogP contribution in [0.15, 0.2) is 0 Å². The molecule has 3 aliphatic rings. The Morgan fingerprint density at radius 2 is 2.36 bits per heavy atom. The van der Waals surface area contributed by atoms with E-state index in [0.29, 0.717) is 0 Å². The van der Waals surface area contributed by atoms with Crippen LogP contribution in [0.4, 0.5) is 0 Å². The van der Waals surface area contributed by atoms with Crippen molar-refractivity contribution >= 4 is 5.97 Å². The fraction of sp³-hybridized carbons (Fsp3) is 0.833. The van der Waals surface area contributed by atoms with Gasteiger partial charge in [0.15, 0.2) is 6.10 Å². The average Bonchev–Trinajstić information content (AvgIpc) is 1.92. The summed E-state index contributed by atoms with van der Waals surface area (Å²) in [6, 6.07) is 0. The van der Waals surface area contributed by atoms with Crippen molar-refractivity contribution in [3.05, 3.63) is 0 Å². The molecule has 5 heteroatoms. The van der Waals surface area contributed by atoms with Gasteiger partial charge in [-0.15, -0.1) is 0 Å². The van der Waals surface area contributed by atoms with Crippen LogP contribution in [0.25, 0.3) is 0 Å². The summed E-state index contributed by atoms with van der Waals surface area (Å²) in [4.78, 5) is 10.8. The van der Waals surface area contributed by atoms with E-state index in [9.17, 15) is 9.90 Å². The molecule has 0 aromatic rings. The van der Waals surface area contributed by atoms with Gasteiger partial charge in [-0.25, -0.2) is 4.79 Å². The zero-order valence-electron chi connectivity index (χ0n) is 5.69. The zero-order valence-corrected chi connectivity index (χ0v) is 5.69. The van der Waals surface area contributed by atoms with Crippen LogP contribution in [-0.4, -0.2) is 40.8 Å². The summed E-state index contributed by atoms with van der Waals surface area (Å²) < 4.78 is 9.40. The standard InChI is InChI=1S/C6H8O5/c7-3-1-6(9)5(8)11-4(3)2-10-6/h3-4,7,9H,1-2H2/t3?,4-,6+/m0/s1. The van der Waals surface area contributed by atoms with Crippen LogP contribution in [0, 0.1) is 0 Å². The second kappa shape index (κ2) is 1.94. The molecule has 3 fully saturated rings. The molecule has 0 aromatic carbocycles. The van der Waals surface area contributed by atoms with Gasteiger partial charge in [0.05, 0.1) is 12.7 Å². The maximum absolute atomic E-state index is 10.8. The minimum atomic E-state index is -1.89. The third-order valence-corrected chi connectivity index (χ3v) is 1.98. The highest BCUT2D eigenvalue weighted by Gasteiger charge is 2.54. The van der Waals surface area contributed by atoms with E-state index in [1.54, 1.807) is 0 Å². The number of carbonyl (C=O) groups is 1. The second-order valence-corrected chi connectivity index (χ2v) is 2.81. The minimum absolute atomic E-state index is 0.0728. The highest BCUT2D eigenvalue weighted by molar-refractivity contribution is 5.79. The SMILES string of the molecule is O=C1O[C@H]2CO[C@]1(O)CC2O. The van der Waals surface area contributed by atoms with Crippen molar-refractivity contribution in [3.63, 3.8) is 0 Å². The summed E-state index contributed by atoms with van der Waals surface area (Å²) in [5, 5.41) is 18.5. The van der Waals surface area contributed by atoms with E-state index in [0.717, 1.165) is 0 Å². The van der Waals surface area contributed by atoms with Crippen molar-refractivity contribution in [3.8, 4) is 0 Å². The Bertz CT molecular complexity index is 203. The third kappa shape index (κ3) is 0.852. The number of esters is 1. The van der Waals surface area contributed by atoms with Crippen molar-refractivity contribution in [2.75, 3.05) is 6.61 Å². The summed E-state index contributed by atoms with van der Waals surface area (Å²) in [6.07, 6.45) is -1.49. The molecule has 3 aliphatic heterocycles. The van der Waals surface area contributed by atoms with Crippen molar-refractivity contribution in [1.82, 2.24) is 0 Å². The molecule has 0 saturated carbocycles. The Hall–Kier alpha value is -0.650. The van der Waals surface area contributed by atoms with Gasteiger partial charge < -0.3 is 19.7 Å². The number of rotatable bonds is 0. The molecule has 11 heavy (non-hydrogen) atoms. The van der Waals surface area contributed by atoms with E-state index in [4.69, 9.17) is 9.84 Å².